The number of anilines is 1. The lowest BCUT2D eigenvalue weighted by molar-refractivity contribution is -0.136. The van der Waals surface area contributed by atoms with Crippen molar-refractivity contribution in [3.8, 4) is 11.5 Å². The Balaban J connectivity index is 1.83. The molecule has 0 bridgehead atoms. The van der Waals surface area contributed by atoms with E-state index in [1.807, 2.05) is 0 Å². The molecular formula is C19H20ClN3O4. The Morgan fingerprint density at radius 1 is 1.19 bits per heavy atom. The Bertz CT molecular complexity index is 822. The molecule has 3 N–H and O–H groups in total. The minimum absolute atomic E-state index is 0.0565. The fourth-order valence-electron chi connectivity index (χ4n) is 1.98. The van der Waals surface area contributed by atoms with E-state index in [2.05, 4.69) is 22.8 Å². The van der Waals surface area contributed by atoms with Gasteiger partial charge < -0.3 is 15.2 Å². The molecule has 27 heavy (non-hydrogen) atoms. The third-order valence-electron chi connectivity index (χ3n) is 3.44. The number of aromatic hydroxyl groups is 1. The summed E-state index contributed by atoms with van der Waals surface area (Å²) in [4.78, 5) is 23.6. The Labute approximate surface area is 162 Å². The molecule has 0 aliphatic carbocycles. The molecule has 0 aliphatic heterocycles. The van der Waals surface area contributed by atoms with Gasteiger partial charge in [-0.1, -0.05) is 24.9 Å². The van der Waals surface area contributed by atoms with Crippen LogP contribution in [0.2, 0.25) is 5.02 Å². The first-order valence-corrected chi connectivity index (χ1v) is 8.73. The summed E-state index contributed by atoms with van der Waals surface area (Å²) in [5.41, 5.74) is 3.14. The van der Waals surface area contributed by atoms with Gasteiger partial charge in [0.05, 0.1) is 17.8 Å². The molecule has 0 spiro atoms. The normalized spacial score (nSPS) is 10.6. The fraction of sp³-hybridized carbons (Fsp3) is 0.211. The van der Waals surface area contributed by atoms with Crippen molar-refractivity contribution in [3.05, 3.63) is 53.1 Å². The van der Waals surface area contributed by atoms with Crippen molar-refractivity contribution in [2.45, 2.75) is 19.8 Å². The molecule has 0 unspecified atom stereocenters. The van der Waals surface area contributed by atoms with Crippen molar-refractivity contribution in [3.63, 3.8) is 0 Å². The van der Waals surface area contributed by atoms with Crippen LogP contribution in [0.5, 0.6) is 11.5 Å². The number of hydrogen-bond donors (Lipinski definition) is 3. The first kappa shape index (κ1) is 20.3. The largest absolute Gasteiger partial charge is 0.506 e. The smallest absolute Gasteiger partial charge is 0.329 e. The molecule has 7 nitrogen and oxygen atoms in total. The van der Waals surface area contributed by atoms with Gasteiger partial charge in [0.1, 0.15) is 11.5 Å². The van der Waals surface area contributed by atoms with Crippen LogP contribution in [0.25, 0.3) is 0 Å². The van der Waals surface area contributed by atoms with Crippen LogP contribution >= 0.6 is 11.6 Å². The SMILES string of the molecule is CCCCOc1ccc(NC(=O)C(=O)N/N=C\c2ccc(O)c(Cl)c2)cc1. The van der Waals surface area contributed by atoms with E-state index in [9.17, 15) is 14.7 Å². The highest BCUT2D eigenvalue weighted by Crippen LogP contribution is 2.22. The van der Waals surface area contributed by atoms with Crippen LogP contribution < -0.4 is 15.5 Å². The number of hydrogen-bond acceptors (Lipinski definition) is 5. The lowest BCUT2D eigenvalue weighted by atomic mass is 10.2. The van der Waals surface area contributed by atoms with Crippen LogP contribution in [0.4, 0.5) is 5.69 Å². The van der Waals surface area contributed by atoms with Gasteiger partial charge in [-0.25, -0.2) is 5.43 Å². The average molecular weight is 390 g/mol. The predicted octanol–water partition coefficient (Wildman–Crippen LogP) is 3.31. The van der Waals surface area contributed by atoms with Crippen molar-refractivity contribution in [2.24, 2.45) is 5.10 Å². The zero-order valence-corrected chi connectivity index (χ0v) is 15.5. The van der Waals surface area contributed by atoms with Crippen molar-refractivity contribution in [2.75, 3.05) is 11.9 Å². The number of carbonyl (C=O) groups is 2. The Morgan fingerprint density at radius 2 is 1.93 bits per heavy atom. The predicted molar refractivity (Wildman–Crippen MR) is 104 cm³/mol. The molecule has 8 heteroatoms. The standard InChI is InChI=1S/C19H20ClN3O4/c1-2-3-10-27-15-7-5-14(6-8-15)22-18(25)19(26)23-21-12-13-4-9-17(24)16(20)11-13/h4-9,11-12,24H,2-3,10H2,1H3,(H,22,25)(H,23,26)/b21-12-. The van der Waals surface area contributed by atoms with Crippen LogP contribution in [-0.4, -0.2) is 29.7 Å². The van der Waals surface area contributed by atoms with Gasteiger partial charge in [0.2, 0.25) is 0 Å². The quantitative estimate of drug-likeness (QED) is 0.292. The molecule has 142 valence electrons. The zero-order chi connectivity index (χ0) is 19.6. The van der Waals surface area contributed by atoms with E-state index in [1.54, 1.807) is 30.3 Å². The van der Waals surface area contributed by atoms with Gasteiger partial charge in [-0.05, 0) is 54.4 Å². The number of unbranched alkanes of at least 4 members (excludes halogenated alkanes) is 1. The van der Waals surface area contributed by atoms with E-state index in [4.69, 9.17) is 16.3 Å². The zero-order valence-electron chi connectivity index (χ0n) is 14.7. The number of phenolic OH excluding ortho intramolecular Hbond substituents is 1. The summed E-state index contributed by atoms with van der Waals surface area (Å²) in [6, 6.07) is 11.2. The van der Waals surface area contributed by atoms with E-state index in [0.29, 0.717) is 23.6 Å². The maximum absolute atomic E-state index is 11.9. The number of phenols is 1. The van der Waals surface area contributed by atoms with E-state index in [1.165, 1.54) is 18.3 Å². The minimum Gasteiger partial charge on any atom is -0.506 e. The second-order valence-electron chi connectivity index (χ2n) is 5.59. The highest BCUT2D eigenvalue weighted by molar-refractivity contribution is 6.39. The van der Waals surface area contributed by atoms with Gasteiger partial charge in [0.25, 0.3) is 0 Å². The first-order chi connectivity index (χ1) is 13.0. The molecule has 0 saturated carbocycles. The van der Waals surface area contributed by atoms with Crippen LogP contribution in [0, 0.1) is 0 Å². The van der Waals surface area contributed by atoms with Crippen LogP contribution in [-0.2, 0) is 9.59 Å². The maximum atomic E-state index is 11.9. The number of nitrogens with one attached hydrogen (secondary N) is 2. The van der Waals surface area contributed by atoms with Crippen molar-refractivity contribution in [1.29, 1.82) is 0 Å². The minimum atomic E-state index is -0.917. The van der Waals surface area contributed by atoms with Crippen molar-refractivity contribution < 1.29 is 19.4 Å². The molecular weight excluding hydrogens is 370 g/mol. The Kier molecular flexibility index (Phi) is 7.63. The van der Waals surface area contributed by atoms with Gasteiger partial charge in [-0.3, -0.25) is 9.59 Å². The van der Waals surface area contributed by atoms with E-state index in [-0.39, 0.29) is 10.8 Å². The summed E-state index contributed by atoms with van der Waals surface area (Å²) in [5.74, 6) is -1.13. The molecule has 0 fully saturated rings. The van der Waals surface area contributed by atoms with Gasteiger partial charge in [-0.2, -0.15) is 5.10 Å². The maximum Gasteiger partial charge on any atom is 0.329 e. The number of benzene rings is 2. The fourth-order valence-corrected chi connectivity index (χ4v) is 2.17. The molecule has 0 aromatic heterocycles. The lowest BCUT2D eigenvalue weighted by Gasteiger charge is -2.07. The number of hydrazone groups is 1. The molecule has 2 amide bonds. The number of carbonyl (C=O) groups excluding carboxylic acids is 2. The number of nitrogens with zero attached hydrogens (tertiary/aromatic N) is 1. The van der Waals surface area contributed by atoms with Gasteiger partial charge in [0.15, 0.2) is 0 Å². The topological polar surface area (TPSA) is 100 Å². The summed E-state index contributed by atoms with van der Waals surface area (Å²) in [6.45, 7) is 2.71. The summed E-state index contributed by atoms with van der Waals surface area (Å²) in [5, 5.41) is 15.6. The number of halogens is 1. The third-order valence-corrected chi connectivity index (χ3v) is 3.74. The molecule has 2 aromatic carbocycles. The van der Waals surface area contributed by atoms with Crippen LogP contribution in [0.15, 0.2) is 47.6 Å². The van der Waals surface area contributed by atoms with E-state index < -0.39 is 11.8 Å². The molecule has 0 saturated heterocycles. The average Bonchev–Trinajstić information content (AvgIpc) is 2.66. The number of ether oxygens (including phenoxy) is 1. The summed E-state index contributed by atoms with van der Waals surface area (Å²) >= 11 is 5.77. The molecule has 2 aromatic rings. The lowest BCUT2D eigenvalue weighted by Crippen LogP contribution is -2.32. The molecule has 0 radical (unpaired) electrons. The van der Waals surface area contributed by atoms with E-state index in [0.717, 1.165) is 12.8 Å². The summed E-state index contributed by atoms with van der Waals surface area (Å²) in [6.07, 6.45) is 3.32. The van der Waals surface area contributed by atoms with E-state index >= 15 is 0 Å². The highest BCUT2D eigenvalue weighted by atomic mass is 35.5. The second-order valence-corrected chi connectivity index (χ2v) is 6.00. The summed E-state index contributed by atoms with van der Waals surface area (Å²) < 4.78 is 5.53. The molecule has 2 rings (SSSR count). The molecule has 0 atom stereocenters. The Hall–Kier alpha value is -3.06. The van der Waals surface area contributed by atoms with Crippen LogP contribution in [0.1, 0.15) is 25.3 Å². The third kappa shape index (κ3) is 6.63. The Morgan fingerprint density at radius 3 is 2.59 bits per heavy atom. The number of rotatable bonds is 7. The van der Waals surface area contributed by atoms with Crippen molar-refractivity contribution >= 4 is 35.3 Å². The second kappa shape index (κ2) is 10.2. The first-order valence-electron chi connectivity index (χ1n) is 8.35. The van der Waals surface area contributed by atoms with Gasteiger partial charge in [0, 0.05) is 5.69 Å². The highest BCUT2D eigenvalue weighted by Gasteiger charge is 2.12. The molecule has 0 heterocycles. The van der Waals surface area contributed by atoms with Gasteiger partial charge in [-0.15, -0.1) is 0 Å². The van der Waals surface area contributed by atoms with Crippen LogP contribution in [0.3, 0.4) is 0 Å². The van der Waals surface area contributed by atoms with Crippen molar-refractivity contribution in [1.82, 2.24) is 5.43 Å². The monoisotopic (exact) mass is 389 g/mol. The molecule has 0 aliphatic rings. The van der Waals surface area contributed by atoms with Gasteiger partial charge >= 0.3 is 11.8 Å². The summed E-state index contributed by atoms with van der Waals surface area (Å²) in [7, 11) is 0. The number of amides is 2.